The van der Waals surface area contributed by atoms with E-state index in [0.29, 0.717) is 12.3 Å². The third kappa shape index (κ3) is 2.35. The van der Waals surface area contributed by atoms with Crippen molar-refractivity contribution in [2.24, 2.45) is 0 Å². The maximum absolute atomic E-state index is 4.34. The summed E-state index contributed by atoms with van der Waals surface area (Å²) in [5.41, 5.74) is 1.82. The van der Waals surface area contributed by atoms with Gasteiger partial charge in [0.15, 0.2) is 0 Å². The van der Waals surface area contributed by atoms with E-state index in [1.165, 1.54) is 6.33 Å². The van der Waals surface area contributed by atoms with Crippen LogP contribution >= 0.6 is 0 Å². The highest BCUT2D eigenvalue weighted by Gasteiger charge is 2.05. The van der Waals surface area contributed by atoms with Gasteiger partial charge in [0.25, 0.3) is 5.78 Å². The molecule has 0 bridgehead atoms. The molecule has 7 heteroatoms. The minimum absolute atomic E-state index is 0.585. The van der Waals surface area contributed by atoms with Crippen LogP contribution in [0.5, 0.6) is 0 Å². The number of nitrogens with zero attached hydrogens (tertiary/aromatic N) is 6. The highest BCUT2D eigenvalue weighted by molar-refractivity contribution is 5.44. The van der Waals surface area contributed by atoms with Crippen molar-refractivity contribution in [2.45, 2.75) is 20.4 Å². The number of hydrogen-bond donors (Lipinski definition) is 1. The van der Waals surface area contributed by atoms with Gasteiger partial charge in [-0.3, -0.25) is 0 Å². The Morgan fingerprint density at radius 1 is 1.21 bits per heavy atom. The van der Waals surface area contributed by atoms with E-state index in [9.17, 15) is 0 Å². The zero-order valence-electron chi connectivity index (χ0n) is 10.7. The van der Waals surface area contributed by atoms with Gasteiger partial charge in [-0.2, -0.15) is 14.6 Å². The van der Waals surface area contributed by atoms with E-state index in [0.717, 1.165) is 23.0 Å². The molecule has 3 aromatic heterocycles. The van der Waals surface area contributed by atoms with Crippen LogP contribution in [0.15, 0.2) is 24.7 Å². The highest BCUT2D eigenvalue weighted by Crippen LogP contribution is 2.11. The van der Waals surface area contributed by atoms with E-state index < -0.39 is 0 Å². The molecular weight excluding hydrogens is 242 g/mol. The molecule has 0 aliphatic heterocycles. The van der Waals surface area contributed by atoms with Crippen LogP contribution < -0.4 is 5.32 Å². The Morgan fingerprint density at radius 3 is 2.95 bits per heavy atom. The quantitative estimate of drug-likeness (QED) is 0.756. The summed E-state index contributed by atoms with van der Waals surface area (Å²) in [7, 11) is 0. The molecule has 19 heavy (non-hydrogen) atoms. The van der Waals surface area contributed by atoms with Crippen LogP contribution in [0, 0.1) is 13.8 Å². The van der Waals surface area contributed by atoms with Gasteiger partial charge in [-0.25, -0.2) is 15.0 Å². The molecule has 0 aliphatic rings. The molecule has 0 saturated heterocycles. The van der Waals surface area contributed by atoms with Gasteiger partial charge in [-0.05, 0) is 19.9 Å². The molecule has 0 saturated carbocycles. The summed E-state index contributed by atoms with van der Waals surface area (Å²) >= 11 is 0. The Bertz CT molecular complexity index is 719. The second kappa shape index (κ2) is 4.60. The van der Waals surface area contributed by atoms with E-state index in [2.05, 4.69) is 30.4 Å². The summed E-state index contributed by atoms with van der Waals surface area (Å²) in [6.45, 7) is 4.40. The van der Waals surface area contributed by atoms with Crippen LogP contribution in [0.25, 0.3) is 5.78 Å². The van der Waals surface area contributed by atoms with E-state index in [-0.39, 0.29) is 0 Å². The average molecular weight is 255 g/mol. The molecular formula is C12H13N7. The van der Waals surface area contributed by atoms with Gasteiger partial charge in [0, 0.05) is 18.0 Å². The molecule has 0 radical (unpaired) electrons. The minimum atomic E-state index is 0.585. The molecule has 7 nitrogen and oxygen atoms in total. The standard InChI is InChI=1S/C12H13N7/c1-8-5-11(19-12(17-8)15-7-16-19)14-6-10-3-4-13-9(2)18-10/h3-5,7,14H,6H2,1-2H3. The first-order chi connectivity index (χ1) is 9.22. The summed E-state index contributed by atoms with van der Waals surface area (Å²) in [6.07, 6.45) is 3.24. The van der Waals surface area contributed by atoms with Gasteiger partial charge < -0.3 is 5.32 Å². The molecule has 96 valence electrons. The third-order valence-electron chi connectivity index (χ3n) is 2.66. The zero-order chi connectivity index (χ0) is 13.2. The third-order valence-corrected chi connectivity index (χ3v) is 2.66. The van der Waals surface area contributed by atoms with Crippen LogP contribution in [-0.2, 0) is 6.54 Å². The first-order valence-electron chi connectivity index (χ1n) is 5.92. The van der Waals surface area contributed by atoms with Gasteiger partial charge >= 0.3 is 0 Å². The summed E-state index contributed by atoms with van der Waals surface area (Å²) in [6, 6.07) is 3.81. The number of anilines is 1. The van der Waals surface area contributed by atoms with Crippen molar-refractivity contribution in [3.05, 3.63) is 41.9 Å². The Morgan fingerprint density at radius 2 is 2.11 bits per heavy atom. The lowest BCUT2D eigenvalue weighted by atomic mass is 10.3. The molecule has 1 N–H and O–H groups in total. The Hall–Kier alpha value is -2.57. The van der Waals surface area contributed by atoms with Crippen molar-refractivity contribution in [1.29, 1.82) is 0 Å². The lowest BCUT2D eigenvalue weighted by molar-refractivity contribution is 0.897. The normalized spacial score (nSPS) is 10.8. The van der Waals surface area contributed by atoms with Gasteiger partial charge in [0.2, 0.25) is 0 Å². The smallest absolute Gasteiger partial charge is 0.254 e. The summed E-state index contributed by atoms with van der Waals surface area (Å²) < 4.78 is 1.67. The van der Waals surface area contributed by atoms with Crippen molar-refractivity contribution >= 4 is 11.6 Å². The molecule has 0 atom stereocenters. The number of rotatable bonds is 3. The maximum atomic E-state index is 4.34. The monoisotopic (exact) mass is 255 g/mol. The Labute approximate surface area is 109 Å². The number of aryl methyl sites for hydroxylation is 2. The van der Waals surface area contributed by atoms with Crippen LogP contribution in [0.1, 0.15) is 17.2 Å². The van der Waals surface area contributed by atoms with Crippen molar-refractivity contribution in [3.8, 4) is 0 Å². The summed E-state index contributed by atoms with van der Waals surface area (Å²) in [5.74, 6) is 2.19. The summed E-state index contributed by atoms with van der Waals surface area (Å²) in [4.78, 5) is 16.8. The van der Waals surface area contributed by atoms with Crippen LogP contribution in [-0.4, -0.2) is 29.5 Å². The molecule has 3 heterocycles. The fourth-order valence-corrected chi connectivity index (χ4v) is 1.84. The number of fused-ring (bicyclic) bond motifs is 1. The zero-order valence-corrected chi connectivity index (χ0v) is 10.7. The Kier molecular flexibility index (Phi) is 2.79. The number of nitrogens with one attached hydrogen (secondary N) is 1. The topological polar surface area (TPSA) is 80.9 Å². The Balaban J connectivity index is 1.87. The van der Waals surface area contributed by atoms with Crippen molar-refractivity contribution in [1.82, 2.24) is 29.5 Å². The van der Waals surface area contributed by atoms with Crippen molar-refractivity contribution in [3.63, 3.8) is 0 Å². The van der Waals surface area contributed by atoms with Gasteiger partial charge in [0.05, 0.1) is 12.2 Å². The second-order valence-electron chi connectivity index (χ2n) is 4.20. The lowest BCUT2D eigenvalue weighted by Crippen LogP contribution is -2.08. The molecule has 3 rings (SSSR count). The van der Waals surface area contributed by atoms with Crippen LogP contribution in [0.4, 0.5) is 5.82 Å². The van der Waals surface area contributed by atoms with Gasteiger partial charge in [-0.15, -0.1) is 0 Å². The molecule has 0 aliphatic carbocycles. The number of aromatic nitrogens is 6. The van der Waals surface area contributed by atoms with E-state index >= 15 is 0 Å². The largest absolute Gasteiger partial charge is 0.364 e. The predicted octanol–water partition coefficient (Wildman–Crippen LogP) is 1.14. The number of hydrogen-bond acceptors (Lipinski definition) is 6. The average Bonchev–Trinajstić information content (AvgIpc) is 2.84. The fraction of sp³-hybridized carbons (Fsp3) is 0.250. The van der Waals surface area contributed by atoms with Crippen LogP contribution in [0.3, 0.4) is 0 Å². The lowest BCUT2D eigenvalue weighted by Gasteiger charge is -2.08. The predicted molar refractivity (Wildman–Crippen MR) is 69.6 cm³/mol. The van der Waals surface area contributed by atoms with E-state index in [4.69, 9.17) is 0 Å². The molecule has 0 aromatic carbocycles. The first kappa shape index (κ1) is 11.5. The second-order valence-corrected chi connectivity index (χ2v) is 4.20. The molecule has 0 unspecified atom stereocenters. The van der Waals surface area contributed by atoms with Crippen molar-refractivity contribution < 1.29 is 0 Å². The fourth-order valence-electron chi connectivity index (χ4n) is 1.84. The maximum Gasteiger partial charge on any atom is 0.254 e. The van der Waals surface area contributed by atoms with E-state index in [1.807, 2.05) is 26.0 Å². The van der Waals surface area contributed by atoms with Crippen LogP contribution in [0.2, 0.25) is 0 Å². The molecule has 3 aromatic rings. The van der Waals surface area contributed by atoms with E-state index in [1.54, 1.807) is 10.7 Å². The first-order valence-corrected chi connectivity index (χ1v) is 5.92. The molecule has 0 spiro atoms. The molecule has 0 amide bonds. The SMILES string of the molecule is Cc1cc(NCc2ccnc(C)n2)n2ncnc2n1. The van der Waals surface area contributed by atoms with Gasteiger partial charge in [0.1, 0.15) is 18.0 Å². The summed E-state index contributed by atoms with van der Waals surface area (Å²) in [5, 5.41) is 7.43. The van der Waals surface area contributed by atoms with Gasteiger partial charge in [-0.1, -0.05) is 0 Å². The highest BCUT2D eigenvalue weighted by atomic mass is 15.3. The minimum Gasteiger partial charge on any atom is -0.364 e. The molecule has 0 fully saturated rings. The van der Waals surface area contributed by atoms with Crippen molar-refractivity contribution in [2.75, 3.05) is 5.32 Å².